The molecule has 0 spiro atoms. The molecule has 0 unspecified atom stereocenters. The van der Waals surface area contributed by atoms with E-state index in [0.29, 0.717) is 11.7 Å². The maximum atomic E-state index is 5.66. The lowest BCUT2D eigenvalue weighted by molar-refractivity contribution is 0.287. The van der Waals surface area contributed by atoms with Crippen molar-refractivity contribution in [3.05, 3.63) is 9.33 Å². The third kappa shape index (κ3) is 1.89. The summed E-state index contributed by atoms with van der Waals surface area (Å²) in [6, 6.07) is 0. The van der Waals surface area contributed by atoms with Gasteiger partial charge in [0, 0.05) is 5.92 Å². The van der Waals surface area contributed by atoms with Crippen molar-refractivity contribution in [2.75, 3.05) is 5.73 Å². The Morgan fingerprint density at radius 2 is 2.00 bits per heavy atom. The number of nitrogens with two attached hydrogens (primary N) is 1. The molecule has 14 heavy (non-hydrogen) atoms. The van der Waals surface area contributed by atoms with Crippen LogP contribution in [0, 0.1) is 9.49 Å². The van der Waals surface area contributed by atoms with Crippen molar-refractivity contribution >= 4 is 28.4 Å². The number of nitrogen functional groups attached to an aromatic ring is 1. The maximum Gasteiger partial charge on any atom is 0.180 e. The van der Waals surface area contributed by atoms with E-state index in [2.05, 4.69) is 34.7 Å². The number of rotatable bonds is 1. The van der Waals surface area contributed by atoms with Crippen LogP contribution >= 0.6 is 22.6 Å². The Morgan fingerprint density at radius 1 is 1.36 bits per heavy atom. The highest BCUT2D eigenvalue weighted by Crippen LogP contribution is 2.38. The fourth-order valence-electron chi connectivity index (χ4n) is 2.08. The molecule has 4 heteroatoms. The lowest BCUT2D eigenvalue weighted by Crippen LogP contribution is -2.11. The number of anilines is 1. The smallest absolute Gasteiger partial charge is 0.180 e. The van der Waals surface area contributed by atoms with Crippen LogP contribution < -0.4 is 5.73 Å². The summed E-state index contributed by atoms with van der Waals surface area (Å²) in [7, 11) is 0. The van der Waals surface area contributed by atoms with Crippen LogP contribution in [0.4, 0.5) is 5.82 Å². The minimum Gasteiger partial charge on any atom is -0.380 e. The van der Waals surface area contributed by atoms with Gasteiger partial charge in [0.05, 0.1) is 3.57 Å². The molecule has 1 aliphatic rings. The highest BCUT2D eigenvalue weighted by Gasteiger charge is 2.25. The van der Waals surface area contributed by atoms with Crippen LogP contribution in [0.25, 0.3) is 0 Å². The van der Waals surface area contributed by atoms with Gasteiger partial charge in [0.1, 0.15) is 0 Å². The van der Waals surface area contributed by atoms with E-state index in [-0.39, 0.29) is 0 Å². The highest BCUT2D eigenvalue weighted by molar-refractivity contribution is 14.1. The van der Waals surface area contributed by atoms with Crippen LogP contribution in [-0.4, -0.2) is 5.16 Å². The predicted molar refractivity (Wildman–Crippen MR) is 64.0 cm³/mol. The predicted octanol–water partition coefficient (Wildman–Crippen LogP) is 3.16. The van der Waals surface area contributed by atoms with Gasteiger partial charge in [-0.15, -0.1) is 0 Å². The fraction of sp³-hybridized carbons (Fsp3) is 0.700. The van der Waals surface area contributed by atoms with Crippen molar-refractivity contribution in [3.8, 4) is 0 Å². The zero-order valence-corrected chi connectivity index (χ0v) is 10.5. The Labute approximate surface area is 97.5 Å². The van der Waals surface area contributed by atoms with Gasteiger partial charge in [0.15, 0.2) is 11.6 Å². The molecule has 0 amide bonds. The summed E-state index contributed by atoms with van der Waals surface area (Å²) in [6.45, 7) is 2.32. The largest absolute Gasteiger partial charge is 0.380 e. The summed E-state index contributed by atoms with van der Waals surface area (Å²) in [5, 5.41) is 3.81. The third-order valence-corrected chi connectivity index (χ3v) is 4.15. The van der Waals surface area contributed by atoms with E-state index in [9.17, 15) is 0 Å². The molecule has 1 fully saturated rings. The second-order valence-corrected chi connectivity index (χ2v) is 5.28. The highest BCUT2D eigenvalue weighted by atomic mass is 127. The minimum absolute atomic E-state index is 0.541. The van der Waals surface area contributed by atoms with Gasteiger partial charge in [-0.2, -0.15) is 0 Å². The van der Waals surface area contributed by atoms with Gasteiger partial charge >= 0.3 is 0 Å². The van der Waals surface area contributed by atoms with E-state index < -0.39 is 0 Å². The van der Waals surface area contributed by atoms with Crippen LogP contribution in [-0.2, 0) is 0 Å². The third-order valence-electron chi connectivity index (χ3n) is 3.07. The SMILES string of the molecule is CC1CCC(c2onc(N)c2I)CC1. The van der Waals surface area contributed by atoms with E-state index in [4.69, 9.17) is 10.3 Å². The van der Waals surface area contributed by atoms with E-state index in [1.165, 1.54) is 25.7 Å². The first-order valence-corrected chi connectivity index (χ1v) is 6.17. The number of hydrogen-bond donors (Lipinski definition) is 1. The molecule has 1 aromatic heterocycles. The molecular weight excluding hydrogens is 291 g/mol. The van der Waals surface area contributed by atoms with Gasteiger partial charge in [-0.25, -0.2) is 0 Å². The molecule has 0 aromatic carbocycles. The molecule has 0 atom stereocenters. The number of hydrogen-bond acceptors (Lipinski definition) is 3. The molecule has 0 radical (unpaired) electrons. The Morgan fingerprint density at radius 3 is 2.50 bits per heavy atom. The summed E-state index contributed by atoms with van der Waals surface area (Å²) >= 11 is 2.23. The first-order valence-electron chi connectivity index (χ1n) is 5.09. The molecule has 2 N–H and O–H groups in total. The topological polar surface area (TPSA) is 52.0 Å². The van der Waals surface area contributed by atoms with E-state index >= 15 is 0 Å². The molecule has 0 aliphatic heterocycles. The Balaban J connectivity index is 2.12. The molecule has 0 bridgehead atoms. The molecular formula is C10H15IN2O. The van der Waals surface area contributed by atoms with Gasteiger partial charge in [0.25, 0.3) is 0 Å². The molecule has 3 nitrogen and oxygen atoms in total. The average Bonchev–Trinajstić information content (AvgIpc) is 2.50. The van der Waals surface area contributed by atoms with Crippen molar-refractivity contribution in [3.63, 3.8) is 0 Å². The number of aromatic nitrogens is 1. The van der Waals surface area contributed by atoms with Crippen LogP contribution in [0.2, 0.25) is 0 Å². The first kappa shape index (κ1) is 10.3. The molecule has 1 aromatic rings. The van der Waals surface area contributed by atoms with Gasteiger partial charge in [-0.1, -0.05) is 24.9 Å². The summed E-state index contributed by atoms with van der Waals surface area (Å²) in [6.07, 6.45) is 5.01. The molecule has 1 saturated carbocycles. The minimum atomic E-state index is 0.541. The summed E-state index contributed by atoms with van der Waals surface area (Å²) in [5.74, 6) is 2.96. The molecule has 2 rings (SSSR count). The van der Waals surface area contributed by atoms with Crippen LogP contribution in [0.3, 0.4) is 0 Å². The monoisotopic (exact) mass is 306 g/mol. The van der Waals surface area contributed by atoms with Crippen molar-refractivity contribution in [2.45, 2.75) is 38.5 Å². The fourth-order valence-corrected chi connectivity index (χ4v) is 2.72. The first-order chi connectivity index (χ1) is 6.68. The lowest BCUT2D eigenvalue weighted by Gasteiger charge is -2.24. The van der Waals surface area contributed by atoms with Crippen molar-refractivity contribution in [1.29, 1.82) is 0 Å². The normalized spacial score (nSPS) is 27.9. The van der Waals surface area contributed by atoms with E-state index in [0.717, 1.165) is 15.2 Å². The zero-order chi connectivity index (χ0) is 10.1. The average molecular weight is 306 g/mol. The van der Waals surface area contributed by atoms with Gasteiger partial charge in [-0.05, 0) is 41.4 Å². The second-order valence-electron chi connectivity index (χ2n) is 4.20. The van der Waals surface area contributed by atoms with Crippen LogP contribution in [0.15, 0.2) is 4.52 Å². The van der Waals surface area contributed by atoms with Gasteiger partial charge in [-0.3, -0.25) is 0 Å². The maximum absolute atomic E-state index is 5.66. The van der Waals surface area contributed by atoms with E-state index in [1.807, 2.05) is 0 Å². The van der Waals surface area contributed by atoms with E-state index in [1.54, 1.807) is 0 Å². The summed E-state index contributed by atoms with van der Waals surface area (Å²) in [5.41, 5.74) is 5.66. The van der Waals surface area contributed by atoms with Gasteiger partial charge in [0.2, 0.25) is 0 Å². The van der Waals surface area contributed by atoms with Crippen molar-refractivity contribution in [1.82, 2.24) is 5.16 Å². The summed E-state index contributed by atoms with van der Waals surface area (Å²) in [4.78, 5) is 0. The number of nitrogens with zero attached hydrogens (tertiary/aromatic N) is 1. The van der Waals surface area contributed by atoms with Crippen LogP contribution in [0.1, 0.15) is 44.3 Å². The molecule has 78 valence electrons. The quantitative estimate of drug-likeness (QED) is 0.811. The lowest BCUT2D eigenvalue weighted by atomic mass is 9.82. The molecule has 1 heterocycles. The van der Waals surface area contributed by atoms with Gasteiger partial charge < -0.3 is 10.3 Å². The Hall–Kier alpha value is -0.260. The van der Waals surface area contributed by atoms with Crippen molar-refractivity contribution < 1.29 is 4.52 Å². The van der Waals surface area contributed by atoms with Crippen LogP contribution in [0.5, 0.6) is 0 Å². The zero-order valence-electron chi connectivity index (χ0n) is 8.29. The standard InChI is InChI=1S/C10H15IN2O/c1-6-2-4-7(5-3-6)9-8(11)10(12)13-14-9/h6-7H,2-5H2,1H3,(H2,12,13). The second kappa shape index (κ2) is 4.08. The Kier molecular flexibility index (Phi) is 2.99. The number of halogens is 1. The molecule has 1 aliphatic carbocycles. The molecule has 0 saturated heterocycles. The van der Waals surface area contributed by atoms with Crippen molar-refractivity contribution in [2.24, 2.45) is 5.92 Å². The summed E-state index contributed by atoms with van der Waals surface area (Å²) < 4.78 is 6.30. The Bertz CT molecular complexity index is 316.